The summed E-state index contributed by atoms with van der Waals surface area (Å²) in [6, 6.07) is 17.7. The van der Waals surface area contributed by atoms with Crippen LogP contribution in [0.5, 0.6) is 11.5 Å². The molecule has 2 heteroatoms. The molecule has 0 radical (unpaired) electrons. The first-order valence-corrected chi connectivity index (χ1v) is 6.49. The van der Waals surface area contributed by atoms with E-state index in [0.717, 1.165) is 29.9 Å². The number of hydrogen-bond donors (Lipinski definition) is 1. The fraction of sp³-hybridized carbons (Fsp3) is 0.176. The summed E-state index contributed by atoms with van der Waals surface area (Å²) < 4.78 is 5.80. The van der Waals surface area contributed by atoms with Crippen LogP contribution in [0.4, 0.5) is 0 Å². The van der Waals surface area contributed by atoms with Gasteiger partial charge in [0.15, 0.2) is 0 Å². The predicted molar refractivity (Wildman–Crippen MR) is 79.3 cm³/mol. The molecule has 2 aromatic rings. The highest BCUT2D eigenvalue weighted by atomic mass is 16.5. The molecule has 0 unspecified atom stereocenters. The number of benzene rings is 2. The van der Waals surface area contributed by atoms with Crippen LogP contribution in [0.15, 0.2) is 67.3 Å². The predicted octanol–water partition coefficient (Wildman–Crippen LogP) is 4.44. The lowest BCUT2D eigenvalue weighted by atomic mass is 10.0. The van der Waals surface area contributed by atoms with Crippen molar-refractivity contribution in [3.63, 3.8) is 0 Å². The van der Waals surface area contributed by atoms with Crippen molar-refractivity contribution in [1.29, 1.82) is 0 Å². The van der Waals surface area contributed by atoms with Crippen molar-refractivity contribution in [2.24, 2.45) is 5.73 Å². The zero-order valence-corrected chi connectivity index (χ0v) is 11.0. The minimum atomic E-state index is 0.0253. The molecule has 0 spiro atoms. The maximum absolute atomic E-state index is 6.14. The summed E-state index contributed by atoms with van der Waals surface area (Å²) in [5, 5.41) is 0. The Morgan fingerprint density at radius 1 is 1.05 bits per heavy atom. The molecule has 0 aliphatic carbocycles. The van der Waals surface area contributed by atoms with Crippen molar-refractivity contribution in [3.05, 3.63) is 72.8 Å². The third-order valence-electron chi connectivity index (χ3n) is 2.95. The van der Waals surface area contributed by atoms with Crippen LogP contribution in [0.3, 0.4) is 0 Å². The van der Waals surface area contributed by atoms with Gasteiger partial charge >= 0.3 is 0 Å². The van der Waals surface area contributed by atoms with E-state index in [2.05, 4.69) is 6.58 Å². The second-order valence-electron chi connectivity index (χ2n) is 4.46. The van der Waals surface area contributed by atoms with Crippen LogP contribution >= 0.6 is 0 Å². The lowest BCUT2D eigenvalue weighted by Crippen LogP contribution is -2.09. The van der Waals surface area contributed by atoms with Crippen molar-refractivity contribution in [2.45, 2.75) is 18.9 Å². The molecule has 2 rings (SSSR count). The molecule has 19 heavy (non-hydrogen) atoms. The molecule has 0 amide bonds. The minimum Gasteiger partial charge on any atom is -0.457 e. The molecular weight excluding hydrogens is 234 g/mol. The Morgan fingerprint density at radius 3 is 2.53 bits per heavy atom. The van der Waals surface area contributed by atoms with Crippen molar-refractivity contribution in [3.8, 4) is 11.5 Å². The lowest BCUT2D eigenvalue weighted by Gasteiger charge is -2.12. The van der Waals surface area contributed by atoms with E-state index in [1.807, 2.05) is 60.7 Å². The molecule has 0 aliphatic heterocycles. The van der Waals surface area contributed by atoms with Gasteiger partial charge in [-0.25, -0.2) is 0 Å². The Bertz CT molecular complexity index is 522. The standard InChI is InChI=1S/C17H19NO/c1-2-3-12-17(18)14-8-7-11-16(13-14)19-15-9-5-4-6-10-15/h2,4-11,13,17H,1,3,12,18H2/t17-/m1/s1. The number of nitrogens with two attached hydrogens (primary N) is 1. The molecule has 0 fully saturated rings. The zero-order chi connectivity index (χ0) is 13.5. The first kappa shape index (κ1) is 13.4. The molecule has 2 aromatic carbocycles. The van der Waals surface area contributed by atoms with Crippen LogP contribution in [0.1, 0.15) is 24.4 Å². The van der Waals surface area contributed by atoms with Crippen LogP contribution in [0, 0.1) is 0 Å². The third-order valence-corrected chi connectivity index (χ3v) is 2.95. The Hall–Kier alpha value is -2.06. The topological polar surface area (TPSA) is 35.2 Å². The SMILES string of the molecule is C=CCC[C@@H](N)c1cccc(Oc2ccccc2)c1. The minimum absolute atomic E-state index is 0.0253. The van der Waals surface area contributed by atoms with Crippen molar-refractivity contribution < 1.29 is 4.74 Å². The number of para-hydroxylation sites is 1. The average Bonchev–Trinajstić information content (AvgIpc) is 2.46. The van der Waals surface area contributed by atoms with E-state index >= 15 is 0 Å². The second kappa shape index (κ2) is 6.76. The highest BCUT2D eigenvalue weighted by Gasteiger charge is 2.06. The maximum atomic E-state index is 6.14. The fourth-order valence-corrected chi connectivity index (χ4v) is 1.90. The van der Waals surface area contributed by atoms with Gasteiger partial charge in [0.1, 0.15) is 11.5 Å². The van der Waals surface area contributed by atoms with Gasteiger partial charge in [-0.05, 0) is 42.7 Å². The van der Waals surface area contributed by atoms with Crippen LogP contribution in [0.2, 0.25) is 0 Å². The van der Waals surface area contributed by atoms with E-state index in [-0.39, 0.29) is 6.04 Å². The monoisotopic (exact) mass is 253 g/mol. The molecule has 2 nitrogen and oxygen atoms in total. The molecule has 0 aromatic heterocycles. The lowest BCUT2D eigenvalue weighted by molar-refractivity contribution is 0.481. The third kappa shape index (κ3) is 3.97. The summed E-state index contributed by atoms with van der Waals surface area (Å²) in [5.41, 5.74) is 7.23. The van der Waals surface area contributed by atoms with E-state index in [1.54, 1.807) is 0 Å². The Labute approximate surface area is 114 Å². The summed E-state index contributed by atoms with van der Waals surface area (Å²) in [6.45, 7) is 3.72. The van der Waals surface area contributed by atoms with Gasteiger partial charge < -0.3 is 10.5 Å². The number of ether oxygens (including phenoxy) is 1. The maximum Gasteiger partial charge on any atom is 0.127 e. The number of hydrogen-bond acceptors (Lipinski definition) is 2. The summed E-state index contributed by atoms with van der Waals surface area (Å²) in [7, 11) is 0. The molecule has 98 valence electrons. The normalized spacial score (nSPS) is 11.8. The molecular formula is C17H19NO. The van der Waals surface area contributed by atoms with Gasteiger partial charge in [0.25, 0.3) is 0 Å². The molecule has 2 N–H and O–H groups in total. The average molecular weight is 253 g/mol. The quantitative estimate of drug-likeness (QED) is 0.772. The zero-order valence-electron chi connectivity index (χ0n) is 11.0. The van der Waals surface area contributed by atoms with Gasteiger partial charge in [-0.2, -0.15) is 0 Å². The smallest absolute Gasteiger partial charge is 0.127 e. The highest BCUT2D eigenvalue weighted by Crippen LogP contribution is 2.25. The molecule has 0 heterocycles. The summed E-state index contributed by atoms with van der Waals surface area (Å²) >= 11 is 0. The van der Waals surface area contributed by atoms with E-state index in [1.165, 1.54) is 0 Å². The van der Waals surface area contributed by atoms with Gasteiger partial charge in [-0.1, -0.05) is 36.4 Å². The number of allylic oxidation sites excluding steroid dienone is 1. The van der Waals surface area contributed by atoms with Gasteiger partial charge in [-0.3, -0.25) is 0 Å². The first-order valence-electron chi connectivity index (χ1n) is 6.49. The van der Waals surface area contributed by atoms with Crippen molar-refractivity contribution in [1.82, 2.24) is 0 Å². The van der Waals surface area contributed by atoms with Crippen LogP contribution in [-0.2, 0) is 0 Å². The Morgan fingerprint density at radius 2 is 1.79 bits per heavy atom. The van der Waals surface area contributed by atoms with Crippen LogP contribution < -0.4 is 10.5 Å². The number of rotatable bonds is 6. The van der Waals surface area contributed by atoms with Gasteiger partial charge in [0.05, 0.1) is 0 Å². The summed E-state index contributed by atoms with van der Waals surface area (Å²) in [6.07, 6.45) is 3.72. The first-order chi connectivity index (χ1) is 9.29. The Kier molecular flexibility index (Phi) is 4.76. The second-order valence-corrected chi connectivity index (χ2v) is 4.46. The molecule has 0 saturated carbocycles. The molecule has 0 aliphatic rings. The fourth-order valence-electron chi connectivity index (χ4n) is 1.90. The molecule has 0 bridgehead atoms. The highest BCUT2D eigenvalue weighted by molar-refractivity contribution is 5.34. The van der Waals surface area contributed by atoms with E-state index in [4.69, 9.17) is 10.5 Å². The van der Waals surface area contributed by atoms with Gasteiger partial charge in [-0.15, -0.1) is 6.58 Å². The summed E-state index contributed by atoms with van der Waals surface area (Å²) in [5.74, 6) is 1.65. The largest absolute Gasteiger partial charge is 0.457 e. The molecule has 1 atom stereocenters. The summed E-state index contributed by atoms with van der Waals surface area (Å²) in [4.78, 5) is 0. The van der Waals surface area contributed by atoms with E-state index in [9.17, 15) is 0 Å². The van der Waals surface area contributed by atoms with E-state index in [0.29, 0.717) is 0 Å². The van der Waals surface area contributed by atoms with E-state index < -0.39 is 0 Å². The van der Waals surface area contributed by atoms with Crippen LogP contribution in [0.25, 0.3) is 0 Å². The van der Waals surface area contributed by atoms with Gasteiger partial charge in [0.2, 0.25) is 0 Å². The Balaban J connectivity index is 2.08. The van der Waals surface area contributed by atoms with Crippen LogP contribution in [-0.4, -0.2) is 0 Å². The van der Waals surface area contributed by atoms with Gasteiger partial charge in [0, 0.05) is 6.04 Å². The molecule has 0 saturated heterocycles. The van der Waals surface area contributed by atoms with Crippen molar-refractivity contribution >= 4 is 0 Å². The van der Waals surface area contributed by atoms with Crippen molar-refractivity contribution in [2.75, 3.05) is 0 Å².